The predicted octanol–water partition coefficient (Wildman–Crippen LogP) is 2.04. The predicted molar refractivity (Wildman–Crippen MR) is 163 cm³/mol. The molecule has 11 heteroatoms. The highest BCUT2D eigenvalue weighted by molar-refractivity contribution is 5.97. The fraction of sp³-hybridized carbons (Fsp3) is 0.500. The van der Waals surface area contributed by atoms with Crippen molar-refractivity contribution >= 4 is 23.4 Å². The topological polar surface area (TPSA) is 140 Å². The van der Waals surface area contributed by atoms with Crippen LogP contribution in [0.5, 0.6) is 0 Å². The number of aliphatic hydroxyl groups excluding tert-OH is 1. The average molecular weight is 591 g/mol. The molecule has 2 aromatic rings. The lowest BCUT2D eigenvalue weighted by molar-refractivity contribution is -0.122. The number of amides is 3. The van der Waals surface area contributed by atoms with Gasteiger partial charge < -0.3 is 30.4 Å². The molecule has 3 amide bonds. The minimum absolute atomic E-state index is 0.111. The van der Waals surface area contributed by atoms with Crippen LogP contribution in [0.1, 0.15) is 60.5 Å². The summed E-state index contributed by atoms with van der Waals surface area (Å²) >= 11 is 0. The Balaban J connectivity index is 1.27. The molecular weight excluding hydrogens is 548 g/mol. The van der Waals surface area contributed by atoms with Gasteiger partial charge in [0.2, 0.25) is 5.91 Å². The summed E-state index contributed by atoms with van der Waals surface area (Å²) in [4.78, 5) is 47.4. The largest absolute Gasteiger partial charge is 0.448 e. The molecule has 230 valence electrons. The molecule has 43 heavy (non-hydrogen) atoms. The van der Waals surface area contributed by atoms with Crippen molar-refractivity contribution in [2.75, 3.05) is 50.8 Å². The summed E-state index contributed by atoms with van der Waals surface area (Å²) in [5.74, 6) is 0.119. The number of aromatic nitrogens is 1. The summed E-state index contributed by atoms with van der Waals surface area (Å²) in [6.07, 6.45) is 9.83. The van der Waals surface area contributed by atoms with Crippen molar-refractivity contribution < 1.29 is 23.9 Å². The zero-order valence-corrected chi connectivity index (χ0v) is 25.0. The summed E-state index contributed by atoms with van der Waals surface area (Å²) in [6, 6.07) is 7.89. The molecule has 2 heterocycles. The number of nitrogens with one attached hydrogen (secondary N) is 3. The van der Waals surface area contributed by atoms with Crippen molar-refractivity contribution in [3.05, 3.63) is 71.5 Å². The Morgan fingerprint density at radius 2 is 1.84 bits per heavy atom. The molecular formula is C32H42N6O5. The van der Waals surface area contributed by atoms with Gasteiger partial charge in [-0.25, -0.2) is 4.98 Å². The van der Waals surface area contributed by atoms with Crippen LogP contribution in [0.3, 0.4) is 0 Å². The molecule has 11 nitrogen and oxygen atoms in total. The fourth-order valence-electron chi connectivity index (χ4n) is 5.72. The highest BCUT2D eigenvalue weighted by Gasteiger charge is 2.42. The molecule has 1 aromatic heterocycles. The maximum absolute atomic E-state index is 13.4. The van der Waals surface area contributed by atoms with E-state index in [4.69, 9.17) is 9.52 Å². The number of nitrogens with zero attached hydrogens (tertiary/aromatic N) is 3. The summed E-state index contributed by atoms with van der Waals surface area (Å²) in [5, 5.41) is 17.5. The van der Waals surface area contributed by atoms with Crippen molar-refractivity contribution in [3.8, 4) is 0 Å². The van der Waals surface area contributed by atoms with Gasteiger partial charge in [0.1, 0.15) is 6.26 Å². The Labute approximate surface area is 252 Å². The van der Waals surface area contributed by atoms with Crippen LogP contribution in [-0.2, 0) is 9.59 Å². The van der Waals surface area contributed by atoms with Crippen LogP contribution >= 0.6 is 0 Å². The van der Waals surface area contributed by atoms with Crippen molar-refractivity contribution in [1.29, 1.82) is 0 Å². The van der Waals surface area contributed by atoms with Crippen LogP contribution < -0.4 is 20.9 Å². The first-order chi connectivity index (χ1) is 20.8. The number of hydrogen-bond donors (Lipinski definition) is 4. The zero-order chi connectivity index (χ0) is 30.4. The van der Waals surface area contributed by atoms with Gasteiger partial charge in [-0.1, -0.05) is 30.4 Å². The molecule has 0 radical (unpaired) electrons. The Morgan fingerprint density at radius 3 is 2.56 bits per heavy atom. The number of rotatable bonds is 12. The van der Waals surface area contributed by atoms with E-state index in [1.165, 1.54) is 17.5 Å². The van der Waals surface area contributed by atoms with Crippen molar-refractivity contribution in [2.24, 2.45) is 0 Å². The van der Waals surface area contributed by atoms with Crippen LogP contribution in [0, 0.1) is 6.92 Å². The maximum atomic E-state index is 13.4. The van der Waals surface area contributed by atoms with Gasteiger partial charge in [0.15, 0.2) is 11.6 Å². The molecule has 1 saturated carbocycles. The van der Waals surface area contributed by atoms with Gasteiger partial charge in [-0.05, 0) is 50.8 Å². The SMILES string of the molecule is Cc1ccccc1N1CCN(C2(C)C=CC(C(=O)NCCCC(=O)NCCO)=CC2NC(=O)c2coc(C3CC3)n2)CC1. The van der Waals surface area contributed by atoms with Gasteiger partial charge in [0, 0.05) is 62.9 Å². The summed E-state index contributed by atoms with van der Waals surface area (Å²) in [7, 11) is 0. The minimum atomic E-state index is -0.578. The van der Waals surface area contributed by atoms with Crippen LogP contribution in [0.2, 0.25) is 0 Å². The summed E-state index contributed by atoms with van der Waals surface area (Å²) < 4.78 is 5.56. The third kappa shape index (κ3) is 7.34. The number of carbonyl (C=O) groups excluding carboxylic acids is 3. The lowest BCUT2D eigenvalue weighted by Gasteiger charge is -2.49. The molecule has 4 N–H and O–H groups in total. The number of aliphatic hydroxyl groups is 1. The van der Waals surface area contributed by atoms with Gasteiger partial charge >= 0.3 is 0 Å². The monoisotopic (exact) mass is 590 g/mol. The summed E-state index contributed by atoms with van der Waals surface area (Å²) in [5.41, 5.74) is 2.59. The molecule has 2 fully saturated rings. The Bertz CT molecular complexity index is 1370. The van der Waals surface area contributed by atoms with Gasteiger partial charge in [-0.2, -0.15) is 0 Å². The van der Waals surface area contributed by atoms with E-state index in [1.54, 1.807) is 0 Å². The minimum Gasteiger partial charge on any atom is -0.448 e. The van der Waals surface area contributed by atoms with Crippen LogP contribution in [0.15, 0.2) is 58.7 Å². The first kappa shape index (κ1) is 30.5. The van der Waals surface area contributed by atoms with Crippen molar-refractivity contribution in [1.82, 2.24) is 25.8 Å². The molecule has 0 spiro atoms. The molecule has 1 aliphatic heterocycles. The van der Waals surface area contributed by atoms with Crippen LogP contribution in [-0.4, -0.2) is 90.2 Å². The fourth-order valence-corrected chi connectivity index (χ4v) is 5.72. The van der Waals surface area contributed by atoms with Crippen molar-refractivity contribution in [2.45, 2.75) is 57.0 Å². The second-order valence-electron chi connectivity index (χ2n) is 11.7. The number of anilines is 1. The first-order valence-electron chi connectivity index (χ1n) is 15.2. The molecule has 5 rings (SSSR count). The molecule has 2 aliphatic carbocycles. The van der Waals surface area contributed by atoms with E-state index in [1.807, 2.05) is 18.2 Å². The van der Waals surface area contributed by atoms with E-state index in [9.17, 15) is 14.4 Å². The molecule has 1 saturated heterocycles. The normalized spacial score (nSPS) is 22.2. The van der Waals surface area contributed by atoms with E-state index in [0.717, 1.165) is 39.0 Å². The molecule has 2 atom stereocenters. The summed E-state index contributed by atoms with van der Waals surface area (Å²) in [6.45, 7) is 7.89. The smallest absolute Gasteiger partial charge is 0.273 e. The number of benzene rings is 1. The quantitative estimate of drug-likeness (QED) is 0.276. The van der Waals surface area contributed by atoms with E-state index >= 15 is 0 Å². The highest BCUT2D eigenvalue weighted by atomic mass is 16.3. The molecule has 0 bridgehead atoms. The first-order valence-corrected chi connectivity index (χ1v) is 15.2. The molecule has 1 aromatic carbocycles. The lowest BCUT2D eigenvalue weighted by atomic mass is 9.83. The van der Waals surface area contributed by atoms with E-state index < -0.39 is 11.6 Å². The number of oxazole rings is 1. The Hall–Kier alpha value is -3.96. The number of piperazine rings is 1. The second-order valence-corrected chi connectivity index (χ2v) is 11.7. The Kier molecular flexibility index (Phi) is 9.62. The number of aryl methyl sites for hydroxylation is 1. The third-order valence-corrected chi connectivity index (χ3v) is 8.52. The van der Waals surface area contributed by atoms with Crippen molar-refractivity contribution in [3.63, 3.8) is 0 Å². The van der Waals surface area contributed by atoms with E-state index in [-0.39, 0.29) is 43.0 Å². The molecule has 3 aliphatic rings. The van der Waals surface area contributed by atoms with Crippen LogP contribution in [0.25, 0.3) is 0 Å². The van der Waals surface area contributed by atoms with Crippen LogP contribution in [0.4, 0.5) is 5.69 Å². The number of hydrogen-bond acceptors (Lipinski definition) is 8. The molecule has 2 unspecified atom stereocenters. The average Bonchev–Trinajstić information content (AvgIpc) is 3.75. The van der Waals surface area contributed by atoms with Gasteiger partial charge in [0.25, 0.3) is 11.8 Å². The maximum Gasteiger partial charge on any atom is 0.273 e. The number of para-hydroxylation sites is 1. The van der Waals surface area contributed by atoms with Gasteiger partial charge in [0.05, 0.1) is 18.2 Å². The second kappa shape index (κ2) is 13.6. The standard InChI is InChI=1S/C32H42N6O5/c1-22-6-3-4-7-26(22)37-15-17-38(18-16-37)32(2)12-11-24(29(41)34-13-5-8-28(40)33-14-19-39)20-27(32)36-30(42)25-21-43-31(35-25)23-9-10-23/h3-4,6-7,11-12,20-21,23,27,39H,5,8-10,13-19H2,1-2H3,(H,33,40)(H,34,41)(H,36,42). The van der Waals surface area contributed by atoms with Gasteiger partial charge in [-0.15, -0.1) is 0 Å². The highest BCUT2D eigenvalue weighted by Crippen LogP contribution is 2.39. The van der Waals surface area contributed by atoms with E-state index in [0.29, 0.717) is 30.3 Å². The van der Waals surface area contributed by atoms with Gasteiger partial charge in [-0.3, -0.25) is 19.3 Å². The number of carbonyl (C=O) groups is 3. The van der Waals surface area contributed by atoms with E-state index in [2.05, 4.69) is 68.8 Å². The lowest BCUT2D eigenvalue weighted by Crippen LogP contribution is -2.64. The Morgan fingerprint density at radius 1 is 1.07 bits per heavy atom. The zero-order valence-electron chi connectivity index (χ0n) is 25.0. The third-order valence-electron chi connectivity index (χ3n) is 8.52.